The molecule has 6 heteroatoms. The van der Waals surface area contributed by atoms with Gasteiger partial charge >= 0.3 is 0 Å². The van der Waals surface area contributed by atoms with Gasteiger partial charge < -0.3 is 28.4 Å². The maximum absolute atomic E-state index is 6.95. The van der Waals surface area contributed by atoms with Gasteiger partial charge in [0.15, 0.2) is 0 Å². The number of rotatable bonds is 54. The lowest BCUT2D eigenvalue weighted by Crippen LogP contribution is -2.10. The van der Waals surface area contributed by atoms with E-state index in [2.05, 4.69) is 41.5 Å². The van der Waals surface area contributed by atoms with E-state index in [0.29, 0.717) is 39.6 Å². The van der Waals surface area contributed by atoms with Crippen LogP contribution in [0.4, 0.5) is 0 Å². The quantitative estimate of drug-likeness (QED) is 0.0280. The summed E-state index contributed by atoms with van der Waals surface area (Å²) in [5, 5.41) is 9.14. The molecule has 0 radical (unpaired) electrons. The topological polar surface area (TPSA) is 55.4 Å². The first-order valence-electron chi connectivity index (χ1n) is 35.2. The van der Waals surface area contributed by atoms with Crippen LogP contribution in [0.15, 0.2) is 0 Å². The summed E-state index contributed by atoms with van der Waals surface area (Å²) in [7, 11) is 0. The van der Waals surface area contributed by atoms with Gasteiger partial charge in [0.2, 0.25) is 0 Å². The van der Waals surface area contributed by atoms with Crippen LogP contribution in [0.25, 0.3) is 32.3 Å². The molecule has 6 nitrogen and oxygen atoms in total. The van der Waals surface area contributed by atoms with E-state index in [1.807, 2.05) is 0 Å². The molecule has 3 aliphatic carbocycles. The standard InChI is InChI=1S/C75H120O6/c1-7-13-19-25-31-37-43-76-52-64-58-49-60-66(54-78-45-39-33-27-21-15-9-3)68(56-80-47-41-35-29-23-17-11-5)62-51-63-69(57-81-48-42-36-30-24-18-12-6)67(55-79-46-40-34-28-22-16-10-4)61-50-59(65(64)53-77-44-38-32-26-20-14-8-2)71-70(58)72(60)74(62)75(63)73(61)71/h7-57H2,1-6H3. The van der Waals surface area contributed by atoms with E-state index in [9.17, 15) is 0 Å². The van der Waals surface area contributed by atoms with Crippen molar-refractivity contribution in [3.8, 4) is 0 Å². The second-order valence-corrected chi connectivity index (χ2v) is 25.4. The molecule has 0 heterocycles. The van der Waals surface area contributed by atoms with Crippen molar-refractivity contribution in [2.45, 2.75) is 332 Å². The van der Waals surface area contributed by atoms with Gasteiger partial charge in [-0.2, -0.15) is 0 Å². The normalized spacial score (nSPS) is 13.1. The summed E-state index contributed by atoms with van der Waals surface area (Å²) < 4.78 is 41.7. The first kappa shape index (κ1) is 66.0. The average Bonchev–Trinajstić information content (AvgIpc) is 1.64. The molecule has 0 amide bonds. The van der Waals surface area contributed by atoms with Crippen LogP contribution in [-0.4, -0.2) is 39.6 Å². The average molecular weight is 1120 g/mol. The van der Waals surface area contributed by atoms with Gasteiger partial charge in [-0.15, -0.1) is 0 Å². The van der Waals surface area contributed by atoms with E-state index in [1.165, 1.54) is 292 Å². The van der Waals surface area contributed by atoms with Gasteiger partial charge in [-0.05, 0) is 157 Å². The number of hydrogen-bond donors (Lipinski definition) is 0. The van der Waals surface area contributed by atoms with E-state index in [1.54, 1.807) is 0 Å². The van der Waals surface area contributed by atoms with Crippen LogP contribution in [0.3, 0.4) is 0 Å². The third-order valence-electron chi connectivity index (χ3n) is 19.0. The van der Waals surface area contributed by atoms with Gasteiger partial charge in [0.25, 0.3) is 0 Å². The first-order chi connectivity index (χ1) is 40.1. The highest BCUT2D eigenvalue weighted by Gasteiger charge is 2.40. The first-order valence-corrected chi connectivity index (χ1v) is 35.2. The Labute approximate surface area is 496 Å². The lowest BCUT2D eigenvalue weighted by Gasteiger charge is -2.20. The molecular formula is C75H120O6. The number of unbranched alkanes of at least 4 members (excludes halogenated alkanes) is 30. The molecule has 0 bridgehead atoms. The Morgan fingerprint density at radius 3 is 0.469 bits per heavy atom. The van der Waals surface area contributed by atoms with Crippen molar-refractivity contribution < 1.29 is 28.4 Å². The Hall–Kier alpha value is -2.58. The van der Waals surface area contributed by atoms with Crippen molar-refractivity contribution in [3.05, 3.63) is 66.8 Å². The highest BCUT2D eigenvalue weighted by Crippen LogP contribution is 2.58. The molecule has 0 atom stereocenters. The fourth-order valence-electron chi connectivity index (χ4n) is 14.3. The molecule has 4 aromatic carbocycles. The summed E-state index contributed by atoms with van der Waals surface area (Å²) in [6, 6.07) is 0. The van der Waals surface area contributed by atoms with Crippen molar-refractivity contribution in [2.24, 2.45) is 0 Å². The van der Waals surface area contributed by atoms with Crippen molar-refractivity contribution in [1.29, 1.82) is 0 Å². The molecule has 3 aliphatic rings. The Kier molecular flexibility index (Phi) is 31.3. The Balaban J connectivity index is 1.34. The molecule has 0 saturated heterocycles. The van der Waals surface area contributed by atoms with Gasteiger partial charge in [-0.25, -0.2) is 0 Å². The maximum Gasteiger partial charge on any atom is 0.0723 e. The van der Waals surface area contributed by atoms with Crippen LogP contribution in [0.1, 0.15) is 339 Å². The van der Waals surface area contributed by atoms with Crippen LogP contribution in [0.2, 0.25) is 0 Å². The predicted molar refractivity (Wildman–Crippen MR) is 346 cm³/mol. The second kappa shape index (κ2) is 38.5. The summed E-state index contributed by atoms with van der Waals surface area (Å²) in [5.74, 6) is 0. The highest BCUT2D eigenvalue weighted by atomic mass is 16.5. The van der Waals surface area contributed by atoms with Crippen molar-refractivity contribution in [1.82, 2.24) is 0 Å². The number of hydrogen-bond acceptors (Lipinski definition) is 6. The van der Waals surface area contributed by atoms with Crippen LogP contribution in [-0.2, 0) is 87.3 Å². The Morgan fingerprint density at radius 1 is 0.185 bits per heavy atom. The minimum Gasteiger partial charge on any atom is -0.377 e. The number of benzene rings is 4. The monoisotopic (exact) mass is 1120 g/mol. The van der Waals surface area contributed by atoms with Crippen molar-refractivity contribution in [3.63, 3.8) is 0 Å². The van der Waals surface area contributed by atoms with E-state index in [-0.39, 0.29) is 0 Å². The fraction of sp³-hybridized carbons (Fsp3) is 0.760. The van der Waals surface area contributed by atoms with Gasteiger partial charge in [-0.1, -0.05) is 234 Å². The lowest BCUT2D eigenvalue weighted by atomic mass is 9.87. The van der Waals surface area contributed by atoms with Crippen LogP contribution >= 0.6 is 0 Å². The summed E-state index contributed by atoms with van der Waals surface area (Å²) in [4.78, 5) is 0. The summed E-state index contributed by atoms with van der Waals surface area (Å²) in [6.07, 6.45) is 48.5. The largest absolute Gasteiger partial charge is 0.377 e. The SMILES string of the molecule is CCCCCCCCOCc1c(COCCCCCCCC)c2c3c4c1Cc1c(COCCCCCCCC)c(COCCCCCCCC)c5c(c14)c1c(c(COCCCCCCCC)c(COCCCCCCCC)c(c31)C2)C5. The minimum absolute atomic E-state index is 0.648. The predicted octanol–water partition coefficient (Wildman–Crippen LogP) is 22.1. The van der Waals surface area contributed by atoms with Gasteiger partial charge in [0, 0.05) is 39.6 Å². The molecule has 0 aliphatic heterocycles. The van der Waals surface area contributed by atoms with Crippen molar-refractivity contribution >= 4 is 32.3 Å². The molecule has 0 saturated carbocycles. The molecule has 0 unspecified atom stereocenters. The summed E-state index contributed by atoms with van der Waals surface area (Å²) in [5.41, 5.74) is 17.5. The van der Waals surface area contributed by atoms with E-state index in [0.717, 1.165) is 97.4 Å². The zero-order valence-electron chi connectivity index (χ0n) is 53.5. The molecular weight excluding hydrogens is 997 g/mol. The summed E-state index contributed by atoms with van der Waals surface area (Å²) in [6.45, 7) is 22.6. The van der Waals surface area contributed by atoms with Crippen LogP contribution in [0, 0.1) is 0 Å². The Morgan fingerprint density at radius 2 is 0.321 bits per heavy atom. The molecule has 0 spiro atoms. The third kappa shape index (κ3) is 18.7. The van der Waals surface area contributed by atoms with E-state index in [4.69, 9.17) is 28.4 Å². The molecule has 81 heavy (non-hydrogen) atoms. The third-order valence-corrected chi connectivity index (χ3v) is 19.0. The van der Waals surface area contributed by atoms with Crippen LogP contribution < -0.4 is 0 Å². The zero-order valence-corrected chi connectivity index (χ0v) is 53.5. The second-order valence-electron chi connectivity index (χ2n) is 25.4. The van der Waals surface area contributed by atoms with Crippen molar-refractivity contribution in [2.75, 3.05) is 39.6 Å². The Bertz CT molecular complexity index is 1970. The molecule has 0 aromatic heterocycles. The smallest absolute Gasteiger partial charge is 0.0723 e. The molecule has 0 N–H and O–H groups in total. The molecule has 0 fully saturated rings. The van der Waals surface area contributed by atoms with Gasteiger partial charge in [-0.3, -0.25) is 0 Å². The van der Waals surface area contributed by atoms with Crippen LogP contribution in [0.5, 0.6) is 0 Å². The van der Waals surface area contributed by atoms with Gasteiger partial charge in [0.1, 0.15) is 0 Å². The highest BCUT2D eigenvalue weighted by molar-refractivity contribution is 6.34. The van der Waals surface area contributed by atoms with Gasteiger partial charge in [0.05, 0.1) is 39.6 Å². The molecule has 456 valence electrons. The summed E-state index contributed by atoms with van der Waals surface area (Å²) >= 11 is 0. The number of ether oxygens (including phenoxy) is 6. The zero-order chi connectivity index (χ0) is 56.7. The van der Waals surface area contributed by atoms with E-state index < -0.39 is 0 Å². The minimum atomic E-state index is 0.648. The molecule has 7 rings (SSSR count). The fourth-order valence-corrected chi connectivity index (χ4v) is 14.3. The molecule has 4 aromatic rings. The maximum atomic E-state index is 6.95. The lowest BCUT2D eigenvalue weighted by molar-refractivity contribution is 0.102. The van der Waals surface area contributed by atoms with E-state index >= 15 is 0 Å².